The summed E-state index contributed by atoms with van der Waals surface area (Å²) in [5.74, 6) is 0.00401. The largest absolute Gasteiger partial charge is 0.324 e. The van der Waals surface area contributed by atoms with Gasteiger partial charge in [0.2, 0.25) is 11.1 Å². The van der Waals surface area contributed by atoms with Crippen molar-refractivity contribution in [1.29, 1.82) is 0 Å². The van der Waals surface area contributed by atoms with E-state index in [1.165, 1.54) is 11.8 Å². The average molecular weight is 426 g/mol. The van der Waals surface area contributed by atoms with Crippen LogP contribution in [0.4, 0.5) is 5.69 Å². The van der Waals surface area contributed by atoms with E-state index in [-0.39, 0.29) is 11.7 Å². The lowest BCUT2D eigenvalue weighted by atomic mass is 10.2. The van der Waals surface area contributed by atoms with Gasteiger partial charge in [-0.25, -0.2) is 4.98 Å². The van der Waals surface area contributed by atoms with E-state index in [4.69, 9.17) is 11.6 Å². The van der Waals surface area contributed by atoms with E-state index >= 15 is 0 Å². The number of aromatic nitrogens is 4. The molecule has 0 aliphatic rings. The lowest BCUT2D eigenvalue weighted by molar-refractivity contribution is -0.113. The molecular weight excluding hydrogens is 406 g/mol. The fourth-order valence-corrected chi connectivity index (χ4v) is 4.10. The number of carbonyl (C=O) groups is 1. The van der Waals surface area contributed by atoms with E-state index in [0.717, 1.165) is 40.6 Å². The third-order valence-electron chi connectivity index (χ3n) is 4.53. The van der Waals surface area contributed by atoms with Crippen molar-refractivity contribution in [3.05, 3.63) is 53.1 Å². The maximum atomic E-state index is 12.3. The second kappa shape index (κ2) is 8.39. The topological polar surface area (TPSA) is 72.7 Å². The van der Waals surface area contributed by atoms with Crippen LogP contribution in [0.1, 0.15) is 18.9 Å². The van der Waals surface area contributed by atoms with Crippen molar-refractivity contribution < 1.29 is 4.79 Å². The number of benzene rings is 2. The van der Waals surface area contributed by atoms with Crippen LogP contribution in [0, 0.1) is 6.92 Å². The number of hydrogen-bond donors (Lipinski definition) is 1. The summed E-state index contributed by atoms with van der Waals surface area (Å²) in [6.07, 6.45) is 0.986. The van der Waals surface area contributed by atoms with Gasteiger partial charge in [-0.3, -0.25) is 4.79 Å². The molecule has 8 heteroatoms. The average Bonchev–Trinajstić information content (AvgIpc) is 3.02. The normalized spacial score (nSPS) is 11.3. The molecule has 0 unspecified atom stereocenters. The lowest BCUT2D eigenvalue weighted by Crippen LogP contribution is -2.14. The number of fused-ring (bicyclic) bond motifs is 3. The number of carbonyl (C=O) groups excluding carboxylic acids is 1. The predicted octanol–water partition coefficient (Wildman–Crippen LogP) is 5.08. The quantitative estimate of drug-likeness (QED) is 0.436. The predicted molar refractivity (Wildman–Crippen MR) is 119 cm³/mol. The molecule has 0 saturated heterocycles. The standard InChI is InChI=1S/C21H20ClN5OS/c1-3-10-27-17-7-5-4-6-14(17)19-20(27)24-21(26-25-19)29-12-18(28)23-16-9-8-13(2)11-15(16)22/h4-9,11H,3,10,12H2,1-2H3,(H,23,28). The summed E-state index contributed by atoms with van der Waals surface area (Å²) in [7, 11) is 0. The Morgan fingerprint density at radius 3 is 2.83 bits per heavy atom. The summed E-state index contributed by atoms with van der Waals surface area (Å²) in [5, 5.41) is 13.5. The number of anilines is 1. The SMILES string of the molecule is CCCn1c2ccccc2c2nnc(SCC(=O)Nc3ccc(C)cc3Cl)nc21. The highest BCUT2D eigenvalue weighted by Gasteiger charge is 2.15. The van der Waals surface area contributed by atoms with Crippen molar-refractivity contribution in [2.24, 2.45) is 0 Å². The Morgan fingerprint density at radius 1 is 1.21 bits per heavy atom. The Morgan fingerprint density at radius 2 is 2.03 bits per heavy atom. The highest BCUT2D eigenvalue weighted by atomic mass is 35.5. The number of nitrogens with zero attached hydrogens (tertiary/aromatic N) is 4. The van der Waals surface area contributed by atoms with Crippen LogP contribution < -0.4 is 5.32 Å². The summed E-state index contributed by atoms with van der Waals surface area (Å²) in [6.45, 7) is 4.93. The third kappa shape index (κ3) is 4.06. The summed E-state index contributed by atoms with van der Waals surface area (Å²) < 4.78 is 2.16. The maximum absolute atomic E-state index is 12.3. The Bertz CT molecular complexity index is 1210. The number of aryl methyl sites for hydroxylation is 2. The van der Waals surface area contributed by atoms with Crippen LogP contribution in [0.15, 0.2) is 47.6 Å². The first-order chi connectivity index (χ1) is 14.1. The van der Waals surface area contributed by atoms with Gasteiger partial charge in [0.15, 0.2) is 5.65 Å². The van der Waals surface area contributed by atoms with Crippen LogP contribution in [0.3, 0.4) is 0 Å². The molecule has 0 aliphatic heterocycles. The minimum Gasteiger partial charge on any atom is -0.324 e. The van der Waals surface area contributed by atoms with Gasteiger partial charge in [-0.2, -0.15) is 0 Å². The van der Waals surface area contributed by atoms with E-state index in [1.807, 2.05) is 37.3 Å². The fourth-order valence-electron chi connectivity index (χ4n) is 3.24. The molecule has 0 saturated carbocycles. The van der Waals surface area contributed by atoms with Crippen molar-refractivity contribution in [2.45, 2.75) is 32.0 Å². The number of hydrogen-bond acceptors (Lipinski definition) is 5. The minimum absolute atomic E-state index is 0.168. The Labute approximate surface area is 177 Å². The highest BCUT2D eigenvalue weighted by molar-refractivity contribution is 7.99. The molecule has 0 bridgehead atoms. The monoisotopic (exact) mass is 425 g/mol. The lowest BCUT2D eigenvalue weighted by Gasteiger charge is -2.07. The van der Waals surface area contributed by atoms with Crippen LogP contribution in [0.2, 0.25) is 5.02 Å². The molecule has 2 aromatic heterocycles. The van der Waals surface area contributed by atoms with Crippen molar-refractivity contribution >= 4 is 57.0 Å². The molecule has 0 spiro atoms. The zero-order chi connectivity index (χ0) is 20.4. The van der Waals surface area contributed by atoms with Gasteiger partial charge in [0.05, 0.1) is 22.0 Å². The number of nitrogens with one attached hydrogen (secondary N) is 1. The van der Waals surface area contributed by atoms with Crippen LogP contribution >= 0.6 is 23.4 Å². The smallest absolute Gasteiger partial charge is 0.234 e. The van der Waals surface area contributed by atoms with E-state index in [2.05, 4.69) is 38.1 Å². The number of amides is 1. The second-order valence-corrected chi connectivity index (χ2v) is 8.11. The number of halogens is 1. The number of rotatable bonds is 6. The van der Waals surface area contributed by atoms with Gasteiger partial charge in [0, 0.05) is 11.9 Å². The molecule has 0 radical (unpaired) electrons. The van der Waals surface area contributed by atoms with Gasteiger partial charge in [-0.15, -0.1) is 10.2 Å². The molecule has 0 fully saturated rings. The van der Waals surface area contributed by atoms with Gasteiger partial charge < -0.3 is 9.88 Å². The van der Waals surface area contributed by atoms with Gasteiger partial charge in [0.1, 0.15) is 5.52 Å². The molecule has 2 aromatic carbocycles. The number of thioether (sulfide) groups is 1. The van der Waals surface area contributed by atoms with Crippen LogP contribution in [0.5, 0.6) is 0 Å². The summed E-state index contributed by atoms with van der Waals surface area (Å²) in [6, 6.07) is 13.6. The van der Waals surface area contributed by atoms with E-state index in [0.29, 0.717) is 15.9 Å². The molecule has 1 amide bonds. The molecule has 4 aromatic rings. The third-order valence-corrected chi connectivity index (χ3v) is 5.68. The Balaban J connectivity index is 1.54. The summed E-state index contributed by atoms with van der Waals surface area (Å²) >= 11 is 7.44. The zero-order valence-corrected chi connectivity index (χ0v) is 17.7. The van der Waals surface area contributed by atoms with Gasteiger partial charge in [-0.1, -0.05) is 54.6 Å². The van der Waals surface area contributed by atoms with Crippen LogP contribution in [0.25, 0.3) is 22.1 Å². The van der Waals surface area contributed by atoms with Crippen LogP contribution in [-0.4, -0.2) is 31.4 Å². The first kappa shape index (κ1) is 19.7. The number of para-hydroxylation sites is 1. The molecule has 148 valence electrons. The minimum atomic E-state index is -0.168. The van der Waals surface area contributed by atoms with E-state index < -0.39 is 0 Å². The highest BCUT2D eigenvalue weighted by Crippen LogP contribution is 2.28. The van der Waals surface area contributed by atoms with Crippen LogP contribution in [-0.2, 0) is 11.3 Å². The first-order valence-corrected chi connectivity index (χ1v) is 10.7. The maximum Gasteiger partial charge on any atom is 0.234 e. The van der Waals surface area contributed by atoms with Crippen molar-refractivity contribution in [3.8, 4) is 0 Å². The van der Waals surface area contributed by atoms with Gasteiger partial charge in [-0.05, 0) is 37.1 Å². The molecular formula is C21H20ClN5OS. The first-order valence-electron chi connectivity index (χ1n) is 9.37. The van der Waals surface area contributed by atoms with E-state index in [1.54, 1.807) is 6.07 Å². The molecule has 0 atom stereocenters. The van der Waals surface area contributed by atoms with Crippen molar-refractivity contribution in [1.82, 2.24) is 19.7 Å². The summed E-state index contributed by atoms with van der Waals surface area (Å²) in [5.41, 5.74) is 4.32. The fraction of sp³-hybridized carbons (Fsp3) is 0.238. The zero-order valence-electron chi connectivity index (χ0n) is 16.1. The molecule has 0 aliphatic carbocycles. The van der Waals surface area contributed by atoms with Crippen molar-refractivity contribution in [2.75, 3.05) is 11.1 Å². The van der Waals surface area contributed by atoms with Crippen molar-refractivity contribution in [3.63, 3.8) is 0 Å². The second-order valence-electron chi connectivity index (χ2n) is 6.76. The van der Waals surface area contributed by atoms with E-state index in [9.17, 15) is 4.79 Å². The summed E-state index contributed by atoms with van der Waals surface area (Å²) in [4.78, 5) is 17.0. The molecule has 29 heavy (non-hydrogen) atoms. The molecule has 2 heterocycles. The Kier molecular flexibility index (Phi) is 5.69. The molecule has 1 N–H and O–H groups in total. The Hall–Kier alpha value is -2.64. The molecule has 6 nitrogen and oxygen atoms in total. The van der Waals surface area contributed by atoms with Gasteiger partial charge >= 0.3 is 0 Å². The van der Waals surface area contributed by atoms with Gasteiger partial charge in [0.25, 0.3) is 0 Å². The molecule has 4 rings (SSSR count).